The van der Waals surface area contributed by atoms with Gasteiger partial charge in [-0.3, -0.25) is 0 Å². The molecule has 0 aliphatic heterocycles. The monoisotopic (exact) mass is 355 g/mol. The summed E-state index contributed by atoms with van der Waals surface area (Å²) in [6.07, 6.45) is 0. The van der Waals surface area contributed by atoms with Crippen molar-refractivity contribution in [1.29, 1.82) is 0 Å². The van der Waals surface area contributed by atoms with Gasteiger partial charge in [0.2, 0.25) is 10.0 Å². The number of benzene rings is 1. The number of primary sulfonamides is 1. The Morgan fingerprint density at radius 3 is 2.61 bits per heavy atom. The Kier molecular flexibility index (Phi) is 5.05. The number of halogens is 2. The van der Waals surface area contributed by atoms with E-state index in [1.165, 1.54) is 0 Å². The van der Waals surface area contributed by atoms with Crippen LogP contribution in [0.3, 0.4) is 0 Å². The lowest BCUT2D eigenvalue weighted by atomic mass is 9.98. The summed E-state index contributed by atoms with van der Waals surface area (Å²) in [6.45, 7) is 3.74. The predicted octanol–water partition coefficient (Wildman–Crippen LogP) is 2.80. The van der Waals surface area contributed by atoms with Gasteiger partial charge in [-0.1, -0.05) is 41.4 Å². The van der Waals surface area contributed by atoms with Gasteiger partial charge in [0.15, 0.2) is 0 Å². The number of sulfonamides is 1. The molecule has 0 heterocycles. The molecule has 4 nitrogen and oxygen atoms in total. The molecule has 1 aromatic rings. The van der Waals surface area contributed by atoms with Crippen LogP contribution in [0.15, 0.2) is 22.7 Å². The number of ether oxygens (including phenoxy) is 1. The first kappa shape index (κ1) is 15.8. The Labute approximate surface area is 121 Å². The number of hydrogen-bond donors (Lipinski definition) is 1. The molecular formula is C11H15BrClNO3S. The Bertz CT molecular complexity index is 531. The summed E-state index contributed by atoms with van der Waals surface area (Å²) in [5, 5.41) is 5.50. The highest BCUT2D eigenvalue weighted by molar-refractivity contribution is 9.10. The molecule has 2 N–H and O–H groups in total. The minimum absolute atomic E-state index is 0.147. The van der Waals surface area contributed by atoms with E-state index < -0.39 is 15.4 Å². The molecule has 0 saturated carbocycles. The largest absolute Gasteiger partial charge is 0.491 e. The topological polar surface area (TPSA) is 69.4 Å². The lowest BCUT2D eigenvalue weighted by Crippen LogP contribution is -2.33. The van der Waals surface area contributed by atoms with Crippen molar-refractivity contribution in [3.8, 4) is 5.75 Å². The second-order valence-electron chi connectivity index (χ2n) is 4.83. The normalized spacial score (nSPS) is 12.5. The van der Waals surface area contributed by atoms with Crippen LogP contribution in [0, 0.1) is 5.41 Å². The maximum atomic E-state index is 11.1. The molecule has 0 fully saturated rings. The highest BCUT2D eigenvalue weighted by Crippen LogP contribution is 2.29. The van der Waals surface area contributed by atoms with Crippen LogP contribution in [-0.2, 0) is 10.0 Å². The smallest absolute Gasteiger partial charge is 0.209 e. The minimum atomic E-state index is -3.53. The van der Waals surface area contributed by atoms with Gasteiger partial charge < -0.3 is 4.74 Å². The fourth-order valence-corrected chi connectivity index (χ4v) is 3.13. The number of nitrogens with two attached hydrogens (primary N) is 1. The Morgan fingerprint density at radius 1 is 1.44 bits per heavy atom. The van der Waals surface area contributed by atoms with E-state index >= 15 is 0 Å². The van der Waals surface area contributed by atoms with Crippen molar-refractivity contribution in [3.05, 3.63) is 27.7 Å². The van der Waals surface area contributed by atoms with E-state index in [1.54, 1.807) is 32.0 Å². The zero-order valence-corrected chi connectivity index (χ0v) is 13.3. The Morgan fingerprint density at radius 2 is 2.06 bits per heavy atom. The van der Waals surface area contributed by atoms with Crippen LogP contribution in [0.1, 0.15) is 13.8 Å². The summed E-state index contributed by atoms with van der Waals surface area (Å²) in [6, 6.07) is 5.23. The summed E-state index contributed by atoms with van der Waals surface area (Å²) >= 11 is 9.28. The second kappa shape index (κ2) is 5.77. The molecule has 0 unspecified atom stereocenters. The number of hydrogen-bond acceptors (Lipinski definition) is 3. The maximum absolute atomic E-state index is 11.1. The molecular weight excluding hydrogens is 342 g/mol. The van der Waals surface area contributed by atoms with Crippen LogP contribution >= 0.6 is 27.5 Å². The Balaban J connectivity index is 2.72. The van der Waals surface area contributed by atoms with Crippen LogP contribution in [-0.4, -0.2) is 20.8 Å². The van der Waals surface area contributed by atoms with Crippen LogP contribution < -0.4 is 9.88 Å². The summed E-state index contributed by atoms with van der Waals surface area (Å²) in [4.78, 5) is 0. The lowest BCUT2D eigenvalue weighted by Gasteiger charge is -2.23. The first-order valence-corrected chi connectivity index (χ1v) is 8.06. The average Bonchev–Trinajstić information content (AvgIpc) is 2.16. The minimum Gasteiger partial charge on any atom is -0.491 e. The fraction of sp³-hybridized carbons (Fsp3) is 0.455. The molecule has 1 rings (SSSR count). The lowest BCUT2D eigenvalue weighted by molar-refractivity contribution is 0.200. The van der Waals surface area contributed by atoms with Crippen molar-refractivity contribution in [3.63, 3.8) is 0 Å². The molecule has 0 bridgehead atoms. The summed E-state index contributed by atoms with van der Waals surface area (Å²) < 4.78 is 28.5. The van der Waals surface area contributed by atoms with Gasteiger partial charge in [-0.05, 0) is 18.2 Å². The summed E-state index contributed by atoms with van der Waals surface area (Å²) in [7, 11) is -3.53. The first-order valence-electron chi connectivity index (χ1n) is 5.17. The standard InChI is InChI=1S/C11H15BrClNO3S/c1-11(2,7-18(14,15)16)6-17-10-5-8(12)3-4-9(10)13/h3-5H,6-7H2,1-2H3,(H2,14,15,16). The van der Waals surface area contributed by atoms with E-state index in [1.807, 2.05) is 0 Å². The van der Waals surface area contributed by atoms with Gasteiger partial charge >= 0.3 is 0 Å². The van der Waals surface area contributed by atoms with Gasteiger partial charge in [0.25, 0.3) is 0 Å². The molecule has 0 aromatic heterocycles. The van der Waals surface area contributed by atoms with Gasteiger partial charge in [-0.15, -0.1) is 0 Å². The highest BCUT2D eigenvalue weighted by Gasteiger charge is 2.25. The van der Waals surface area contributed by atoms with Crippen molar-refractivity contribution in [1.82, 2.24) is 0 Å². The van der Waals surface area contributed by atoms with E-state index in [9.17, 15) is 8.42 Å². The third-order valence-electron chi connectivity index (χ3n) is 2.10. The Hall–Kier alpha value is -0.300. The molecule has 0 amide bonds. The van der Waals surface area contributed by atoms with Crippen molar-refractivity contribution in [2.75, 3.05) is 12.4 Å². The van der Waals surface area contributed by atoms with Crippen molar-refractivity contribution in [2.24, 2.45) is 10.6 Å². The third-order valence-corrected chi connectivity index (χ3v) is 4.09. The molecule has 102 valence electrons. The van der Waals surface area contributed by atoms with Crippen molar-refractivity contribution in [2.45, 2.75) is 13.8 Å². The summed E-state index contributed by atoms with van der Waals surface area (Å²) in [5.74, 6) is 0.361. The van der Waals surface area contributed by atoms with Gasteiger partial charge in [0.05, 0.1) is 17.4 Å². The van der Waals surface area contributed by atoms with E-state index in [-0.39, 0.29) is 12.4 Å². The van der Waals surface area contributed by atoms with Gasteiger partial charge in [-0.2, -0.15) is 0 Å². The number of rotatable bonds is 5. The molecule has 7 heteroatoms. The predicted molar refractivity (Wildman–Crippen MR) is 76.4 cm³/mol. The molecule has 0 atom stereocenters. The van der Waals surface area contributed by atoms with Crippen molar-refractivity contribution < 1.29 is 13.2 Å². The van der Waals surface area contributed by atoms with E-state index in [0.29, 0.717) is 10.8 Å². The second-order valence-corrected chi connectivity index (χ2v) is 7.77. The molecule has 18 heavy (non-hydrogen) atoms. The van der Waals surface area contributed by atoms with Crippen LogP contribution in [0.2, 0.25) is 5.02 Å². The zero-order chi connectivity index (χ0) is 14.0. The van der Waals surface area contributed by atoms with Gasteiger partial charge in [0.1, 0.15) is 5.75 Å². The quantitative estimate of drug-likeness (QED) is 0.882. The van der Waals surface area contributed by atoms with Gasteiger partial charge in [0, 0.05) is 9.89 Å². The first-order chi connectivity index (χ1) is 8.09. The molecule has 0 saturated heterocycles. The maximum Gasteiger partial charge on any atom is 0.209 e. The highest BCUT2D eigenvalue weighted by atomic mass is 79.9. The SMILES string of the molecule is CC(C)(COc1cc(Br)ccc1Cl)CS(N)(=O)=O. The molecule has 0 spiro atoms. The molecule has 1 aromatic carbocycles. The van der Waals surface area contributed by atoms with Crippen LogP contribution in [0.5, 0.6) is 5.75 Å². The van der Waals surface area contributed by atoms with E-state index in [4.69, 9.17) is 21.5 Å². The molecule has 0 radical (unpaired) electrons. The van der Waals surface area contributed by atoms with Crippen molar-refractivity contribution >= 4 is 37.6 Å². The molecule has 0 aliphatic rings. The average molecular weight is 357 g/mol. The van der Waals surface area contributed by atoms with Gasteiger partial charge in [-0.25, -0.2) is 13.6 Å². The molecule has 0 aliphatic carbocycles. The summed E-state index contributed by atoms with van der Waals surface area (Å²) in [5.41, 5.74) is -0.584. The van der Waals surface area contributed by atoms with E-state index in [0.717, 1.165) is 4.47 Å². The van der Waals surface area contributed by atoms with Crippen LogP contribution in [0.4, 0.5) is 0 Å². The zero-order valence-electron chi connectivity index (χ0n) is 10.1. The van der Waals surface area contributed by atoms with Crippen LogP contribution in [0.25, 0.3) is 0 Å². The fourth-order valence-electron chi connectivity index (χ4n) is 1.45. The van der Waals surface area contributed by atoms with E-state index in [2.05, 4.69) is 15.9 Å². The third kappa shape index (κ3) is 5.56.